The predicted octanol–water partition coefficient (Wildman–Crippen LogP) is 4.87. The Hall–Kier alpha value is -2.37. The zero-order valence-corrected chi connectivity index (χ0v) is 18.5. The van der Waals surface area contributed by atoms with Crippen molar-refractivity contribution in [1.29, 1.82) is 0 Å². The quantitative estimate of drug-likeness (QED) is 0.767. The summed E-state index contributed by atoms with van der Waals surface area (Å²) in [7, 11) is 0. The van der Waals surface area contributed by atoms with Gasteiger partial charge in [0, 0.05) is 6.54 Å². The minimum Gasteiger partial charge on any atom is -0.445 e. The van der Waals surface area contributed by atoms with Crippen LogP contribution in [-0.2, 0) is 16.1 Å². The summed E-state index contributed by atoms with van der Waals surface area (Å²) in [5.41, 5.74) is 5.99. The maximum Gasteiger partial charge on any atom is 0.408 e. The monoisotopic (exact) mass is 420 g/mol. The Morgan fingerprint density at radius 2 is 1.94 bits per heavy atom. The van der Waals surface area contributed by atoms with E-state index in [-0.39, 0.29) is 18.2 Å². The van der Waals surface area contributed by atoms with Crippen LogP contribution in [0.15, 0.2) is 42.5 Å². The van der Waals surface area contributed by atoms with E-state index in [0.29, 0.717) is 25.0 Å². The largest absolute Gasteiger partial charge is 0.445 e. The lowest BCUT2D eigenvalue weighted by molar-refractivity contribution is -0.0353. The van der Waals surface area contributed by atoms with Crippen LogP contribution in [0, 0.1) is 5.92 Å². The van der Waals surface area contributed by atoms with Gasteiger partial charge in [-0.3, -0.25) is 4.90 Å². The van der Waals surface area contributed by atoms with Gasteiger partial charge in [0.1, 0.15) is 6.10 Å². The fourth-order valence-electron chi connectivity index (χ4n) is 5.18. The Morgan fingerprint density at radius 1 is 1.13 bits per heavy atom. The van der Waals surface area contributed by atoms with Gasteiger partial charge in [0.2, 0.25) is 0 Å². The van der Waals surface area contributed by atoms with Gasteiger partial charge in [0.15, 0.2) is 0 Å². The minimum absolute atomic E-state index is 0.0158. The molecule has 1 amide bonds. The molecule has 0 aliphatic carbocycles. The highest BCUT2D eigenvalue weighted by Crippen LogP contribution is 2.32. The lowest BCUT2D eigenvalue weighted by Gasteiger charge is -2.44. The minimum atomic E-state index is -0.325. The molecule has 4 aliphatic rings. The van der Waals surface area contributed by atoms with Crippen molar-refractivity contribution in [3.05, 3.63) is 59.2 Å². The molecule has 1 unspecified atom stereocenters. The summed E-state index contributed by atoms with van der Waals surface area (Å²) >= 11 is 0. The van der Waals surface area contributed by atoms with Crippen LogP contribution < -0.4 is 5.32 Å². The molecule has 5 nitrogen and oxygen atoms in total. The molecule has 0 saturated carbocycles. The normalized spacial score (nSPS) is 27.1. The topological polar surface area (TPSA) is 50.8 Å². The number of ether oxygens (including phenoxy) is 2. The Balaban J connectivity index is 1.29. The highest BCUT2D eigenvalue weighted by atomic mass is 16.6. The van der Waals surface area contributed by atoms with Crippen molar-refractivity contribution in [3.8, 4) is 11.1 Å². The van der Waals surface area contributed by atoms with Crippen LogP contribution >= 0.6 is 0 Å². The van der Waals surface area contributed by atoms with Crippen LogP contribution in [0.5, 0.6) is 0 Å². The molecule has 0 radical (unpaired) electrons. The second kappa shape index (κ2) is 8.64. The number of carbonyl (C=O) groups is 1. The SMILES string of the molecule is CC(C)c1cccc(-c2ccc3c(c2)COCC3NC(=O)O[C@@H]2CN3CCC2CC3)c1. The molecule has 2 aromatic carbocycles. The van der Waals surface area contributed by atoms with Crippen LogP contribution in [0.3, 0.4) is 0 Å². The number of alkyl carbamates (subject to hydrolysis) is 1. The maximum atomic E-state index is 12.6. The van der Waals surface area contributed by atoms with E-state index in [0.717, 1.165) is 43.6 Å². The van der Waals surface area contributed by atoms with Crippen molar-refractivity contribution in [1.82, 2.24) is 10.2 Å². The predicted molar refractivity (Wildman–Crippen MR) is 121 cm³/mol. The lowest BCUT2D eigenvalue weighted by Crippen LogP contribution is -2.53. The number of amides is 1. The second-order valence-electron chi connectivity index (χ2n) is 9.49. The number of rotatable bonds is 4. The molecular formula is C26H32N2O3. The van der Waals surface area contributed by atoms with Gasteiger partial charge in [0.25, 0.3) is 0 Å². The number of nitrogens with zero attached hydrogens (tertiary/aromatic N) is 1. The van der Waals surface area contributed by atoms with Gasteiger partial charge in [-0.2, -0.15) is 0 Å². The standard InChI is InChI=1S/C26H32N2O3/c1-17(2)19-4-3-5-20(12-19)21-6-7-23-22(13-21)15-30-16-24(23)27-26(29)31-25-14-28-10-8-18(25)9-11-28/h3-7,12-13,17-18,24-25H,8-11,14-16H2,1-2H3,(H,27,29)/t24?,25-/m1/s1. The van der Waals surface area contributed by atoms with Gasteiger partial charge in [-0.15, -0.1) is 0 Å². The third-order valence-electron chi connectivity index (χ3n) is 7.09. The highest BCUT2D eigenvalue weighted by Gasteiger charge is 2.37. The van der Waals surface area contributed by atoms with Crippen molar-refractivity contribution >= 4 is 6.09 Å². The molecule has 1 N–H and O–H groups in total. The van der Waals surface area contributed by atoms with Crippen molar-refractivity contribution in [2.75, 3.05) is 26.2 Å². The zero-order valence-electron chi connectivity index (χ0n) is 18.5. The molecule has 2 atom stereocenters. The summed E-state index contributed by atoms with van der Waals surface area (Å²) in [5, 5.41) is 3.06. The first kappa shape index (κ1) is 20.5. The third-order valence-corrected chi connectivity index (χ3v) is 7.09. The van der Waals surface area contributed by atoms with E-state index in [1.54, 1.807) is 0 Å². The number of fused-ring (bicyclic) bond motifs is 4. The van der Waals surface area contributed by atoms with E-state index in [9.17, 15) is 4.79 Å². The number of benzene rings is 2. The fraction of sp³-hybridized carbons (Fsp3) is 0.500. The molecule has 164 valence electrons. The molecular weight excluding hydrogens is 388 g/mol. The smallest absolute Gasteiger partial charge is 0.408 e. The molecule has 3 saturated heterocycles. The van der Waals surface area contributed by atoms with Gasteiger partial charge in [-0.05, 0) is 71.7 Å². The summed E-state index contributed by atoms with van der Waals surface area (Å²) in [5.74, 6) is 1.01. The molecule has 0 spiro atoms. The number of nitrogens with one attached hydrogen (secondary N) is 1. The van der Waals surface area contributed by atoms with Gasteiger partial charge in [0.05, 0.1) is 19.3 Å². The van der Waals surface area contributed by atoms with E-state index >= 15 is 0 Å². The molecule has 31 heavy (non-hydrogen) atoms. The average Bonchev–Trinajstić information content (AvgIpc) is 2.80. The molecule has 4 heterocycles. The van der Waals surface area contributed by atoms with Crippen molar-refractivity contribution in [2.45, 2.75) is 51.4 Å². The lowest BCUT2D eigenvalue weighted by atomic mass is 9.86. The van der Waals surface area contributed by atoms with Crippen LogP contribution in [0.1, 0.15) is 55.3 Å². The van der Waals surface area contributed by atoms with E-state index in [4.69, 9.17) is 9.47 Å². The van der Waals surface area contributed by atoms with Crippen LogP contribution in [-0.4, -0.2) is 43.3 Å². The number of carbonyl (C=O) groups excluding carboxylic acids is 1. The molecule has 3 fully saturated rings. The van der Waals surface area contributed by atoms with Crippen LogP contribution in [0.25, 0.3) is 11.1 Å². The average molecular weight is 421 g/mol. The summed E-state index contributed by atoms with van der Waals surface area (Å²) in [6.45, 7) is 8.62. The van der Waals surface area contributed by atoms with E-state index in [2.05, 4.69) is 66.5 Å². The van der Waals surface area contributed by atoms with Gasteiger partial charge >= 0.3 is 6.09 Å². The summed E-state index contributed by atoms with van der Waals surface area (Å²) < 4.78 is 11.6. The number of hydrogen-bond acceptors (Lipinski definition) is 4. The molecule has 0 aromatic heterocycles. The van der Waals surface area contributed by atoms with Crippen LogP contribution in [0.4, 0.5) is 4.79 Å². The number of hydrogen-bond donors (Lipinski definition) is 1. The molecule has 6 rings (SSSR count). The summed E-state index contributed by atoms with van der Waals surface area (Å²) in [6.07, 6.45) is 1.96. The summed E-state index contributed by atoms with van der Waals surface area (Å²) in [6, 6.07) is 15.0. The van der Waals surface area contributed by atoms with E-state index < -0.39 is 0 Å². The molecule has 2 aromatic rings. The summed E-state index contributed by atoms with van der Waals surface area (Å²) in [4.78, 5) is 15.0. The van der Waals surface area contributed by atoms with Crippen molar-refractivity contribution in [2.24, 2.45) is 5.92 Å². The van der Waals surface area contributed by atoms with Crippen LogP contribution in [0.2, 0.25) is 0 Å². The van der Waals surface area contributed by atoms with Gasteiger partial charge < -0.3 is 14.8 Å². The first-order valence-corrected chi connectivity index (χ1v) is 11.6. The highest BCUT2D eigenvalue weighted by molar-refractivity contribution is 5.69. The van der Waals surface area contributed by atoms with E-state index in [1.807, 2.05) is 0 Å². The second-order valence-corrected chi connectivity index (χ2v) is 9.49. The van der Waals surface area contributed by atoms with Gasteiger partial charge in [-0.1, -0.05) is 50.2 Å². The Morgan fingerprint density at radius 3 is 2.68 bits per heavy atom. The van der Waals surface area contributed by atoms with Gasteiger partial charge in [-0.25, -0.2) is 4.79 Å². The molecule has 5 heteroatoms. The first-order valence-electron chi connectivity index (χ1n) is 11.6. The van der Waals surface area contributed by atoms with E-state index in [1.165, 1.54) is 16.7 Å². The molecule has 2 bridgehead atoms. The third kappa shape index (κ3) is 4.35. The maximum absolute atomic E-state index is 12.6. The fourth-order valence-corrected chi connectivity index (χ4v) is 5.18. The number of piperidine rings is 3. The Kier molecular flexibility index (Phi) is 5.72. The zero-order chi connectivity index (χ0) is 21.4. The Bertz CT molecular complexity index is 949. The first-order chi connectivity index (χ1) is 15.1. The Labute approximate surface area is 184 Å². The molecule has 4 aliphatic heterocycles. The van der Waals surface area contributed by atoms with Crippen molar-refractivity contribution < 1.29 is 14.3 Å². The van der Waals surface area contributed by atoms with Crippen molar-refractivity contribution in [3.63, 3.8) is 0 Å².